The molecule has 0 saturated heterocycles. The van der Waals surface area contributed by atoms with Gasteiger partial charge in [-0.1, -0.05) is 6.08 Å². The number of hydrogen-bond acceptors (Lipinski definition) is 0. The SMILES string of the molecule is C=CCC[C@H]1C[C@@H]1c1c(F)c(F)c(F)c(F)c1F. The van der Waals surface area contributed by atoms with Crippen molar-refractivity contribution in [3.63, 3.8) is 0 Å². The van der Waals surface area contributed by atoms with Crippen molar-refractivity contribution in [2.24, 2.45) is 5.92 Å². The number of allylic oxidation sites excluding steroid dienone is 1. The third kappa shape index (κ3) is 2.02. The highest BCUT2D eigenvalue weighted by Crippen LogP contribution is 2.52. The Labute approximate surface area is 101 Å². The fourth-order valence-electron chi connectivity index (χ4n) is 2.20. The van der Waals surface area contributed by atoms with E-state index in [1.54, 1.807) is 6.08 Å². The first-order chi connectivity index (χ1) is 8.49. The van der Waals surface area contributed by atoms with E-state index in [1.807, 2.05) is 0 Å². The van der Waals surface area contributed by atoms with Crippen molar-refractivity contribution in [1.82, 2.24) is 0 Å². The van der Waals surface area contributed by atoms with Crippen molar-refractivity contribution in [1.29, 1.82) is 0 Å². The smallest absolute Gasteiger partial charge is 0.200 e. The maximum atomic E-state index is 13.4. The minimum absolute atomic E-state index is 0.0312. The molecule has 98 valence electrons. The van der Waals surface area contributed by atoms with Crippen molar-refractivity contribution in [2.75, 3.05) is 0 Å². The van der Waals surface area contributed by atoms with Crippen LogP contribution in [0.5, 0.6) is 0 Å². The molecule has 1 aliphatic rings. The quantitative estimate of drug-likeness (QED) is 0.325. The molecule has 1 fully saturated rings. The zero-order valence-corrected chi connectivity index (χ0v) is 9.45. The Morgan fingerprint density at radius 1 is 0.944 bits per heavy atom. The third-order valence-corrected chi connectivity index (χ3v) is 3.28. The first-order valence-corrected chi connectivity index (χ1v) is 5.61. The first kappa shape index (κ1) is 13.1. The van der Waals surface area contributed by atoms with Crippen molar-refractivity contribution >= 4 is 0 Å². The lowest BCUT2D eigenvalue weighted by atomic mass is 10.0. The zero-order chi connectivity index (χ0) is 13.4. The van der Waals surface area contributed by atoms with Gasteiger partial charge in [-0.25, -0.2) is 22.0 Å². The number of halogens is 5. The highest BCUT2D eigenvalue weighted by atomic mass is 19.2. The number of benzene rings is 1. The van der Waals surface area contributed by atoms with Crippen LogP contribution in [0.1, 0.15) is 30.7 Å². The van der Waals surface area contributed by atoms with E-state index in [1.165, 1.54) is 0 Å². The van der Waals surface area contributed by atoms with Crippen molar-refractivity contribution in [3.8, 4) is 0 Å². The van der Waals surface area contributed by atoms with E-state index in [9.17, 15) is 22.0 Å². The molecule has 2 rings (SSSR count). The van der Waals surface area contributed by atoms with Gasteiger partial charge in [0.2, 0.25) is 5.82 Å². The molecule has 0 nitrogen and oxygen atoms in total. The lowest BCUT2D eigenvalue weighted by molar-refractivity contribution is 0.369. The normalized spacial score (nSPS) is 22.1. The Hall–Kier alpha value is -1.39. The molecule has 0 unspecified atom stereocenters. The fraction of sp³-hybridized carbons (Fsp3) is 0.385. The van der Waals surface area contributed by atoms with E-state index in [2.05, 4.69) is 6.58 Å². The van der Waals surface area contributed by atoms with Gasteiger partial charge in [0.15, 0.2) is 23.3 Å². The summed E-state index contributed by atoms with van der Waals surface area (Å²) in [5.74, 6) is -9.82. The van der Waals surface area contributed by atoms with Gasteiger partial charge in [0.1, 0.15) is 0 Å². The molecule has 0 aromatic heterocycles. The van der Waals surface area contributed by atoms with Gasteiger partial charge < -0.3 is 0 Å². The average molecular weight is 262 g/mol. The van der Waals surface area contributed by atoms with Crippen LogP contribution in [0, 0.1) is 35.0 Å². The summed E-state index contributed by atoms with van der Waals surface area (Å²) in [4.78, 5) is 0. The van der Waals surface area contributed by atoms with Crippen LogP contribution in [0.2, 0.25) is 0 Å². The third-order valence-electron chi connectivity index (χ3n) is 3.28. The maximum Gasteiger partial charge on any atom is 0.200 e. The highest BCUT2D eigenvalue weighted by Gasteiger charge is 2.43. The van der Waals surface area contributed by atoms with Crippen molar-refractivity contribution < 1.29 is 22.0 Å². The zero-order valence-electron chi connectivity index (χ0n) is 9.45. The van der Waals surface area contributed by atoms with E-state index in [0.717, 1.165) is 0 Å². The van der Waals surface area contributed by atoms with Crippen LogP contribution in [0.25, 0.3) is 0 Å². The van der Waals surface area contributed by atoms with E-state index in [0.29, 0.717) is 19.3 Å². The molecule has 1 aromatic rings. The Morgan fingerprint density at radius 2 is 1.44 bits per heavy atom. The molecule has 0 spiro atoms. The molecule has 0 N–H and O–H groups in total. The second kappa shape index (κ2) is 4.71. The first-order valence-electron chi connectivity index (χ1n) is 5.61. The van der Waals surface area contributed by atoms with Gasteiger partial charge in [-0.2, -0.15) is 0 Å². The molecule has 0 amide bonds. The highest BCUT2D eigenvalue weighted by molar-refractivity contribution is 5.31. The minimum atomic E-state index is -2.10. The summed E-state index contributed by atoms with van der Waals surface area (Å²) < 4.78 is 65.7. The Kier molecular flexibility index (Phi) is 3.41. The largest absolute Gasteiger partial charge is 0.203 e. The lowest BCUT2D eigenvalue weighted by Crippen LogP contribution is -2.06. The summed E-state index contributed by atoms with van der Waals surface area (Å²) in [6, 6.07) is 0. The molecule has 18 heavy (non-hydrogen) atoms. The molecule has 0 aliphatic heterocycles. The minimum Gasteiger partial charge on any atom is -0.203 e. The van der Waals surface area contributed by atoms with E-state index >= 15 is 0 Å². The molecule has 1 aromatic carbocycles. The molecule has 0 heterocycles. The van der Waals surface area contributed by atoms with Gasteiger partial charge in [0, 0.05) is 5.56 Å². The lowest BCUT2D eigenvalue weighted by Gasteiger charge is -2.07. The molecular weight excluding hydrogens is 251 g/mol. The fourth-order valence-corrected chi connectivity index (χ4v) is 2.20. The van der Waals surface area contributed by atoms with Gasteiger partial charge in [-0.15, -0.1) is 6.58 Å². The molecule has 2 atom stereocenters. The maximum absolute atomic E-state index is 13.4. The van der Waals surface area contributed by atoms with E-state index in [-0.39, 0.29) is 5.92 Å². The van der Waals surface area contributed by atoms with Gasteiger partial charge in [-0.3, -0.25) is 0 Å². The Balaban J connectivity index is 2.33. The van der Waals surface area contributed by atoms with Crippen molar-refractivity contribution in [2.45, 2.75) is 25.2 Å². The number of rotatable bonds is 4. The molecule has 1 saturated carbocycles. The summed E-state index contributed by atoms with van der Waals surface area (Å²) in [6.07, 6.45) is 3.42. The standard InChI is InChI=1S/C13H11F5/c1-2-3-4-6-5-7(6)8-9(14)11(16)13(18)12(17)10(8)15/h2,6-7H,1,3-5H2/t6-,7-/m0/s1. The summed E-state index contributed by atoms with van der Waals surface area (Å²) in [7, 11) is 0. The molecule has 5 heteroatoms. The Morgan fingerprint density at radius 3 is 1.94 bits per heavy atom. The predicted molar refractivity (Wildman–Crippen MR) is 56.5 cm³/mol. The van der Waals surface area contributed by atoms with Crippen molar-refractivity contribution in [3.05, 3.63) is 47.3 Å². The Bertz CT molecular complexity index is 466. The van der Waals surface area contributed by atoms with Crippen LogP contribution in [-0.2, 0) is 0 Å². The van der Waals surface area contributed by atoms with Crippen LogP contribution in [-0.4, -0.2) is 0 Å². The van der Waals surface area contributed by atoms with Crippen LogP contribution in [0.3, 0.4) is 0 Å². The predicted octanol–water partition coefficient (Wildman–Crippen LogP) is 4.45. The van der Waals surface area contributed by atoms with E-state index in [4.69, 9.17) is 0 Å². The van der Waals surface area contributed by atoms with Gasteiger partial charge in [0.05, 0.1) is 0 Å². The second-order valence-electron chi connectivity index (χ2n) is 4.45. The summed E-state index contributed by atoms with van der Waals surface area (Å²) in [5, 5.41) is 0. The number of hydrogen-bond donors (Lipinski definition) is 0. The molecule has 1 aliphatic carbocycles. The monoisotopic (exact) mass is 262 g/mol. The summed E-state index contributed by atoms with van der Waals surface area (Å²) >= 11 is 0. The molecule has 0 radical (unpaired) electrons. The van der Waals surface area contributed by atoms with Gasteiger partial charge in [0.25, 0.3) is 0 Å². The van der Waals surface area contributed by atoms with Crippen LogP contribution >= 0.6 is 0 Å². The van der Waals surface area contributed by atoms with Crippen LogP contribution in [0.15, 0.2) is 12.7 Å². The molecular formula is C13H11F5. The van der Waals surface area contributed by atoms with Gasteiger partial charge in [-0.05, 0) is 31.1 Å². The van der Waals surface area contributed by atoms with E-state index < -0.39 is 40.6 Å². The topological polar surface area (TPSA) is 0 Å². The second-order valence-corrected chi connectivity index (χ2v) is 4.45. The summed E-state index contributed by atoms with van der Waals surface area (Å²) in [5.41, 5.74) is -0.666. The van der Waals surface area contributed by atoms with Gasteiger partial charge >= 0.3 is 0 Å². The summed E-state index contributed by atoms with van der Waals surface area (Å²) in [6.45, 7) is 3.52. The molecule has 0 bridgehead atoms. The van der Waals surface area contributed by atoms with Crippen LogP contribution < -0.4 is 0 Å². The average Bonchev–Trinajstić information content (AvgIpc) is 3.11. The van der Waals surface area contributed by atoms with Crippen LogP contribution in [0.4, 0.5) is 22.0 Å².